The highest BCUT2D eigenvalue weighted by Gasteiger charge is 2.09. The summed E-state index contributed by atoms with van der Waals surface area (Å²) in [5.41, 5.74) is 0.227. The van der Waals surface area contributed by atoms with Gasteiger partial charge in [-0.1, -0.05) is 6.07 Å². The van der Waals surface area contributed by atoms with Crippen LogP contribution in [0.1, 0.15) is 0 Å². The van der Waals surface area contributed by atoms with Gasteiger partial charge < -0.3 is 5.32 Å². The Morgan fingerprint density at radius 1 is 1.25 bits per heavy atom. The molecule has 102 valence electrons. The fourth-order valence-electron chi connectivity index (χ4n) is 1.44. The first-order valence-electron chi connectivity index (χ1n) is 5.49. The average Bonchev–Trinajstić information content (AvgIpc) is 2.41. The maximum Gasteiger partial charge on any atom is 0.324 e. The fourth-order valence-corrected chi connectivity index (χ4v) is 1.80. The van der Waals surface area contributed by atoms with E-state index in [-0.39, 0.29) is 5.69 Å². The number of nitro groups is 1. The first kappa shape index (κ1) is 13.9. The van der Waals surface area contributed by atoms with Crippen LogP contribution in [0, 0.1) is 10.1 Å². The van der Waals surface area contributed by atoms with Crippen LogP contribution in [0.25, 0.3) is 0 Å². The number of hydrogen-bond acceptors (Lipinski definition) is 4. The third-order valence-electron chi connectivity index (χ3n) is 2.31. The molecule has 0 aliphatic heterocycles. The number of nitrogens with one attached hydrogen (secondary N) is 2. The standard InChI is InChI=1S/C12H9BrN4O3/c13-10-5-2-6-14-11(10)16-12(18)15-8-3-1-4-9(7-8)17(19)20/h1-7H,(H2,14,15,16,18). The number of amides is 2. The van der Waals surface area contributed by atoms with Crippen LogP contribution >= 0.6 is 15.9 Å². The zero-order valence-electron chi connectivity index (χ0n) is 10.0. The lowest BCUT2D eigenvalue weighted by atomic mass is 10.3. The van der Waals surface area contributed by atoms with Crippen LogP contribution in [-0.2, 0) is 0 Å². The Bertz CT molecular complexity index is 663. The number of halogens is 1. The average molecular weight is 337 g/mol. The van der Waals surface area contributed by atoms with Crippen molar-refractivity contribution in [1.82, 2.24) is 4.98 Å². The summed E-state index contributed by atoms with van der Waals surface area (Å²) in [4.78, 5) is 25.8. The Morgan fingerprint density at radius 3 is 2.75 bits per heavy atom. The summed E-state index contributed by atoms with van der Waals surface area (Å²) in [6, 6.07) is 8.57. The number of aromatic nitrogens is 1. The highest BCUT2D eigenvalue weighted by molar-refractivity contribution is 9.10. The number of carbonyl (C=O) groups excluding carboxylic acids is 1. The number of nitrogens with zero attached hydrogens (tertiary/aromatic N) is 2. The van der Waals surface area contributed by atoms with Crippen molar-refractivity contribution in [2.24, 2.45) is 0 Å². The monoisotopic (exact) mass is 336 g/mol. The van der Waals surface area contributed by atoms with Gasteiger partial charge in [0.2, 0.25) is 0 Å². The van der Waals surface area contributed by atoms with Crippen LogP contribution in [0.5, 0.6) is 0 Å². The van der Waals surface area contributed by atoms with E-state index in [1.165, 1.54) is 24.4 Å². The van der Waals surface area contributed by atoms with Crippen molar-refractivity contribution in [2.45, 2.75) is 0 Å². The molecule has 1 heterocycles. The summed E-state index contributed by atoms with van der Waals surface area (Å²) < 4.78 is 0.634. The number of pyridine rings is 1. The molecule has 0 saturated carbocycles. The van der Waals surface area contributed by atoms with Gasteiger partial charge in [-0.25, -0.2) is 9.78 Å². The summed E-state index contributed by atoms with van der Waals surface area (Å²) in [5, 5.41) is 15.7. The van der Waals surface area contributed by atoms with Gasteiger partial charge in [0.25, 0.3) is 5.69 Å². The molecule has 2 amide bonds. The largest absolute Gasteiger partial charge is 0.324 e. The van der Waals surface area contributed by atoms with Crippen LogP contribution in [-0.4, -0.2) is 15.9 Å². The number of anilines is 2. The van der Waals surface area contributed by atoms with Crippen molar-refractivity contribution in [1.29, 1.82) is 0 Å². The summed E-state index contributed by atoms with van der Waals surface area (Å²) in [6.07, 6.45) is 1.54. The number of rotatable bonds is 3. The second-order valence-electron chi connectivity index (χ2n) is 3.72. The molecular formula is C12H9BrN4O3. The molecule has 0 atom stereocenters. The van der Waals surface area contributed by atoms with Crippen molar-refractivity contribution in [2.75, 3.05) is 10.6 Å². The molecule has 1 aromatic heterocycles. The first-order valence-corrected chi connectivity index (χ1v) is 6.28. The molecule has 0 bridgehead atoms. The summed E-state index contributed by atoms with van der Waals surface area (Å²) >= 11 is 3.25. The summed E-state index contributed by atoms with van der Waals surface area (Å²) in [7, 11) is 0. The minimum atomic E-state index is -0.537. The van der Waals surface area contributed by atoms with Crippen molar-refractivity contribution < 1.29 is 9.72 Å². The molecule has 2 rings (SSSR count). The molecule has 0 saturated heterocycles. The third kappa shape index (κ3) is 3.51. The number of non-ortho nitro benzene ring substituents is 1. The molecular weight excluding hydrogens is 328 g/mol. The number of hydrogen-bond donors (Lipinski definition) is 2. The van der Waals surface area contributed by atoms with Crippen LogP contribution in [0.3, 0.4) is 0 Å². The lowest BCUT2D eigenvalue weighted by Gasteiger charge is -2.07. The quantitative estimate of drug-likeness (QED) is 0.663. The predicted octanol–water partition coefficient (Wildman–Crippen LogP) is 3.40. The van der Waals surface area contributed by atoms with Crippen LogP contribution in [0.4, 0.5) is 22.0 Å². The molecule has 0 radical (unpaired) electrons. The molecule has 2 aromatic rings. The van der Waals surface area contributed by atoms with Gasteiger partial charge in [-0.15, -0.1) is 0 Å². The topological polar surface area (TPSA) is 97.2 Å². The van der Waals surface area contributed by atoms with Crippen molar-refractivity contribution in [3.8, 4) is 0 Å². The van der Waals surface area contributed by atoms with E-state index in [0.29, 0.717) is 16.0 Å². The molecule has 20 heavy (non-hydrogen) atoms. The number of nitro benzene ring substituents is 1. The lowest BCUT2D eigenvalue weighted by Crippen LogP contribution is -2.20. The minimum absolute atomic E-state index is 0.0955. The molecule has 7 nitrogen and oxygen atoms in total. The Hall–Kier alpha value is -2.48. The SMILES string of the molecule is O=C(Nc1cccc([N+](=O)[O-])c1)Nc1ncccc1Br. The predicted molar refractivity (Wildman–Crippen MR) is 77.7 cm³/mol. The Balaban J connectivity index is 2.07. The molecule has 0 fully saturated rings. The Labute approximate surface area is 122 Å². The zero-order valence-corrected chi connectivity index (χ0v) is 11.6. The second kappa shape index (κ2) is 6.11. The van der Waals surface area contributed by atoms with Gasteiger partial charge in [-0.3, -0.25) is 15.4 Å². The van der Waals surface area contributed by atoms with E-state index in [4.69, 9.17) is 0 Å². The molecule has 0 aliphatic rings. The van der Waals surface area contributed by atoms with Gasteiger partial charge in [0.1, 0.15) is 5.82 Å². The van der Waals surface area contributed by atoms with Gasteiger partial charge in [-0.05, 0) is 34.1 Å². The van der Waals surface area contributed by atoms with Gasteiger partial charge in [0, 0.05) is 24.0 Å². The molecule has 0 unspecified atom stereocenters. The smallest absolute Gasteiger partial charge is 0.307 e. The fraction of sp³-hybridized carbons (Fsp3) is 0. The van der Waals surface area contributed by atoms with Gasteiger partial charge in [0.15, 0.2) is 0 Å². The third-order valence-corrected chi connectivity index (χ3v) is 2.95. The minimum Gasteiger partial charge on any atom is -0.307 e. The number of benzene rings is 1. The Morgan fingerprint density at radius 2 is 2.05 bits per heavy atom. The van der Waals surface area contributed by atoms with Crippen molar-refractivity contribution in [3.63, 3.8) is 0 Å². The molecule has 0 aliphatic carbocycles. The molecule has 8 heteroatoms. The van der Waals surface area contributed by atoms with E-state index in [1.54, 1.807) is 18.2 Å². The highest BCUT2D eigenvalue weighted by atomic mass is 79.9. The Kier molecular flexibility index (Phi) is 4.26. The summed E-state index contributed by atoms with van der Waals surface area (Å²) in [5.74, 6) is 0.357. The van der Waals surface area contributed by atoms with Gasteiger partial charge in [0.05, 0.1) is 9.40 Å². The van der Waals surface area contributed by atoms with Gasteiger partial charge in [-0.2, -0.15) is 0 Å². The van der Waals surface area contributed by atoms with Crippen LogP contribution in [0.2, 0.25) is 0 Å². The highest BCUT2D eigenvalue weighted by Crippen LogP contribution is 2.20. The van der Waals surface area contributed by atoms with E-state index < -0.39 is 11.0 Å². The van der Waals surface area contributed by atoms with E-state index >= 15 is 0 Å². The summed E-state index contributed by atoms with van der Waals surface area (Å²) in [6.45, 7) is 0. The number of urea groups is 1. The van der Waals surface area contributed by atoms with Gasteiger partial charge >= 0.3 is 6.03 Å². The van der Waals surface area contributed by atoms with Crippen LogP contribution in [0.15, 0.2) is 47.1 Å². The number of carbonyl (C=O) groups is 1. The second-order valence-corrected chi connectivity index (χ2v) is 4.57. The molecule has 0 spiro atoms. The van der Waals surface area contributed by atoms with Crippen LogP contribution < -0.4 is 10.6 Å². The maximum absolute atomic E-state index is 11.8. The van der Waals surface area contributed by atoms with E-state index in [0.717, 1.165) is 0 Å². The van der Waals surface area contributed by atoms with E-state index in [9.17, 15) is 14.9 Å². The zero-order chi connectivity index (χ0) is 14.5. The lowest BCUT2D eigenvalue weighted by molar-refractivity contribution is -0.384. The van der Waals surface area contributed by atoms with E-state index in [1.807, 2.05) is 0 Å². The van der Waals surface area contributed by atoms with Crippen molar-refractivity contribution >= 4 is 39.2 Å². The molecule has 2 N–H and O–H groups in total. The maximum atomic E-state index is 11.8. The first-order chi connectivity index (χ1) is 9.56. The van der Waals surface area contributed by atoms with E-state index in [2.05, 4.69) is 31.5 Å². The molecule has 1 aromatic carbocycles. The van der Waals surface area contributed by atoms with Crippen molar-refractivity contribution in [3.05, 3.63) is 57.2 Å². The normalized spacial score (nSPS) is 9.85.